The van der Waals surface area contributed by atoms with E-state index in [2.05, 4.69) is 0 Å². The summed E-state index contributed by atoms with van der Waals surface area (Å²) in [6.45, 7) is 4.32. The molecule has 0 radical (unpaired) electrons. The second kappa shape index (κ2) is 6.55. The molecule has 1 rings (SSSR count). The summed E-state index contributed by atoms with van der Waals surface area (Å²) in [6.07, 6.45) is 0.865. The Labute approximate surface area is 102 Å². The van der Waals surface area contributed by atoms with E-state index >= 15 is 0 Å². The van der Waals surface area contributed by atoms with Crippen molar-refractivity contribution in [3.05, 3.63) is 28.2 Å². The number of halogens is 1. The topological polar surface area (TPSA) is 57.2 Å². The van der Waals surface area contributed by atoms with Crippen LogP contribution in [0.2, 0.25) is 0 Å². The van der Waals surface area contributed by atoms with Gasteiger partial charge in [0.1, 0.15) is 12.4 Å². The van der Waals surface area contributed by atoms with E-state index in [1.165, 1.54) is 6.07 Å². The molecule has 92 valence electrons. The van der Waals surface area contributed by atoms with Crippen LogP contribution >= 0.6 is 12.4 Å². The van der Waals surface area contributed by atoms with E-state index < -0.39 is 0 Å². The van der Waals surface area contributed by atoms with E-state index in [1.807, 2.05) is 19.9 Å². The molecule has 1 aromatic heterocycles. The average Bonchev–Trinajstić information content (AvgIpc) is 2.22. The number of hydrogen-bond acceptors (Lipinski definition) is 3. The molecule has 0 aliphatic carbocycles. The molecule has 16 heavy (non-hydrogen) atoms. The maximum absolute atomic E-state index is 11.4. The zero-order chi connectivity index (χ0) is 11.4. The van der Waals surface area contributed by atoms with Crippen molar-refractivity contribution in [3.63, 3.8) is 0 Å². The molecule has 0 bridgehead atoms. The molecule has 0 saturated carbocycles. The monoisotopic (exact) mass is 246 g/mol. The van der Waals surface area contributed by atoms with E-state index in [0.717, 1.165) is 12.1 Å². The van der Waals surface area contributed by atoms with Gasteiger partial charge in [0.15, 0.2) is 0 Å². The van der Waals surface area contributed by atoms with Crippen molar-refractivity contribution in [1.82, 2.24) is 4.57 Å². The lowest BCUT2D eigenvalue weighted by molar-refractivity contribution is 0.284. The third-order valence-electron chi connectivity index (χ3n) is 2.46. The third-order valence-corrected chi connectivity index (χ3v) is 2.46. The summed E-state index contributed by atoms with van der Waals surface area (Å²) in [6, 6.07) is 3.34. The summed E-state index contributed by atoms with van der Waals surface area (Å²) >= 11 is 0. The largest absolute Gasteiger partial charge is 0.492 e. The highest BCUT2D eigenvalue weighted by Crippen LogP contribution is 2.09. The zero-order valence-corrected chi connectivity index (χ0v) is 10.7. The van der Waals surface area contributed by atoms with Crippen molar-refractivity contribution < 1.29 is 4.74 Å². The molecule has 1 heterocycles. The van der Waals surface area contributed by atoms with Gasteiger partial charge in [-0.2, -0.15) is 0 Å². The van der Waals surface area contributed by atoms with Crippen LogP contribution in [0.3, 0.4) is 0 Å². The molecule has 4 nitrogen and oxygen atoms in total. The van der Waals surface area contributed by atoms with E-state index in [0.29, 0.717) is 12.4 Å². The van der Waals surface area contributed by atoms with Gasteiger partial charge in [0, 0.05) is 24.8 Å². The highest BCUT2D eigenvalue weighted by Gasteiger charge is 2.03. The number of rotatable bonds is 4. The van der Waals surface area contributed by atoms with E-state index in [9.17, 15) is 4.79 Å². The molecule has 1 unspecified atom stereocenters. The Morgan fingerprint density at radius 2 is 2.12 bits per heavy atom. The molecular weight excluding hydrogens is 228 g/mol. The number of aromatic nitrogens is 1. The molecule has 2 N–H and O–H groups in total. The summed E-state index contributed by atoms with van der Waals surface area (Å²) in [4.78, 5) is 11.4. The zero-order valence-electron chi connectivity index (χ0n) is 9.90. The summed E-state index contributed by atoms with van der Waals surface area (Å²) in [5.41, 5.74) is 6.54. The Morgan fingerprint density at radius 1 is 1.50 bits per heavy atom. The second-order valence-corrected chi connectivity index (χ2v) is 3.71. The molecule has 0 saturated heterocycles. The Hall–Kier alpha value is -1.00. The smallest absolute Gasteiger partial charge is 0.254 e. The van der Waals surface area contributed by atoms with Gasteiger partial charge < -0.3 is 15.0 Å². The van der Waals surface area contributed by atoms with Crippen LogP contribution in [-0.4, -0.2) is 17.2 Å². The Kier molecular flexibility index (Phi) is 6.14. The van der Waals surface area contributed by atoms with Crippen LogP contribution in [0.15, 0.2) is 16.9 Å². The Bertz CT molecular complexity index is 390. The molecule has 1 atom stereocenters. The molecule has 1 aromatic rings. The molecular formula is C11H19ClN2O2. The molecule has 0 fully saturated rings. The first-order valence-corrected chi connectivity index (χ1v) is 5.10. The van der Waals surface area contributed by atoms with Crippen LogP contribution in [0.4, 0.5) is 0 Å². The molecule has 0 spiro atoms. The van der Waals surface area contributed by atoms with Crippen LogP contribution in [0, 0.1) is 6.92 Å². The van der Waals surface area contributed by atoms with Gasteiger partial charge in [0.25, 0.3) is 5.56 Å². The van der Waals surface area contributed by atoms with Gasteiger partial charge in [-0.15, -0.1) is 12.4 Å². The number of nitrogens with two attached hydrogens (primary N) is 1. The predicted octanol–water partition coefficient (Wildman–Crippen LogP) is 1.23. The first kappa shape index (κ1) is 15.0. The number of ether oxygens (including phenoxy) is 1. The number of pyridine rings is 1. The van der Waals surface area contributed by atoms with Gasteiger partial charge in [-0.05, 0) is 19.4 Å². The molecule has 0 aliphatic rings. The Balaban J connectivity index is 0.00000225. The van der Waals surface area contributed by atoms with Crippen LogP contribution in [0.1, 0.15) is 19.0 Å². The highest BCUT2D eigenvalue weighted by atomic mass is 35.5. The fourth-order valence-electron chi connectivity index (χ4n) is 1.14. The first-order chi connectivity index (χ1) is 7.04. The number of nitrogens with zero attached hydrogens (tertiary/aromatic N) is 1. The SMILES string of the molecule is CCC(N)COc1cc(C)n(C)c(=O)c1.Cl. The van der Waals surface area contributed by atoms with E-state index in [-0.39, 0.29) is 24.0 Å². The standard InChI is InChI=1S/C11H18N2O2.ClH/c1-4-9(12)7-15-10-5-8(2)13(3)11(14)6-10;/h5-6,9H,4,7,12H2,1-3H3;1H. The van der Waals surface area contributed by atoms with Gasteiger partial charge >= 0.3 is 0 Å². The van der Waals surface area contributed by atoms with Crippen molar-refractivity contribution in [1.29, 1.82) is 0 Å². The number of aryl methyl sites for hydroxylation is 1. The van der Waals surface area contributed by atoms with Crippen molar-refractivity contribution in [3.8, 4) is 5.75 Å². The van der Waals surface area contributed by atoms with Crippen molar-refractivity contribution in [2.24, 2.45) is 12.8 Å². The van der Waals surface area contributed by atoms with E-state index in [4.69, 9.17) is 10.5 Å². The fraction of sp³-hybridized carbons (Fsp3) is 0.545. The summed E-state index contributed by atoms with van der Waals surface area (Å²) in [7, 11) is 1.74. The van der Waals surface area contributed by atoms with Crippen molar-refractivity contribution in [2.75, 3.05) is 6.61 Å². The van der Waals surface area contributed by atoms with Crippen molar-refractivity contribution >= 4 is 12.4 Å². The molecule has 5 heteroatoms. The van der Waals surface area contributed by atoms with Crippen LogP contribution in [-0.2, 0) is 7.05 Å². The number of hydrogen-bond donors (Lipinski definition) is 1. The maximum Gasteiger partial charge on any atom is 0.254 e. The minimum atomic E-state index is -0.0601. The van der Waals surface area contributed by atoms with Gasteiger partial charge in [-0.3, -0.25) is 4.79 Å². The van der Waals surface area contributed by atoms with Gasteiger partial charge in [-0.25, -0.2) is 0 Å². The minimum absolute atomic E-state index is 0. The summed E-state index contributed by atoms with van der Waals surface area (Å²) in [5, 5.41) is 0. The average molecular weight is 247 g/mol. The summed E-state index contributed by atoms with van der Waals surface area (Å²) in [5.74, 6) is 0.597. The van der Waals surface area contributed by atoms with Gasteiger partial charge in [0.2, 0.25) is 0 Å². The normalized spacial score (nSPS) is 11.8. The second-order valence-electron chi connectivity index (χ2n) is 3.71. The van der Waals surface area contributed by atoms with Gasteiger partial charge in [-0.1, -0.05) is 6.92 Å². The maximum atomic E-state index is 11.4. The highest BCUT2D eigenvalue weighted by molar-refractivity contribution is 5.85. The molecule has 0 aliphatic heterocycles. The van der Waals surface area contributed by atoms with Crippen LogP contribution in [0.25, 0.3) is 0 Å². The fourth-order valence-corrected chi connectivity index (χ4v) is 1.14. The molecule has 0 amide bonds. The van der Waals surface area contributed by atoms with Crippen LogP contribution < -0.4 is 16.0 Å². The van der Waals surface area contributed by atoms with Crippen molar-refractivity contribution in [2.45, 2.75) is 26.3 Å². The summed E-state index contributed by atoms with van der Waals surface area (Å²) < 4.78 is 7.01. The Morgan fingerprint density at radius 3 is 2.62 bits per heavy atom. The van der Waals surface area contributed by atoms with E-state index in [1.54, 1.807) is 11.6 Å². The minimum Gasteiger partial charge on any atom is -0.492 e. The first-order valence-electron chi connectivity index (χ1n) is 5.10. The van der Waals surface area contributed by atoms with Crippen LogP contribution in [0.5, 0.6) is 5.75 Å². The predicted molar refractivity (Wildman–Crippen MR) is 67.4 cm³/mol. The lowest BCUT2D eigenvalue weighted by Crippen LogP contribution is -2.27. The quantitative estimate of drug-likeness (QED) is 0.870. The molecule has 0 aromatic carbocycles. The third kappa shape index (κ3) is 3.87. The lowest BCUT2D eigenvalue weighted by Gasteiger charge is -2.12. The lowest BCUT2D eigenvalue weighted by atomic mass is 10.2. The van der Waals surface area contributed by atoms with Gasteiger partial charge in [0.05, 0.1) is 0 Å².